The van der Waals surface area contributed by atoms with E-state index in [0.717, 1.165) is 4.88 Å². The predicted molar refractivity (Wildman–Crippen MR) is 70.9 cm³/mol. The van der Waals surface area contributed by atoms with E-state index in [1.165, 1.54) is 11.3 Å². The number of hydrogen-bond acceptors (Lipinski definition) is 4. The minimum absolute atomic E-state index is 0.0555. The van der Waals surface area contributed by atoms with Crippen molar-refractivity contribution in [1.82, 2.24) is 10.6 Å². The van der Waals surface area contributed by atoms with Crippen molar-refractivity contribution in [3.63, 3.8) is 0 Å². The van der Waals surface area contributed by atoms with Crippen molar-refractivity contribution in [3.8, 4) is 0 Å². The number of carbonyl (C=O) groups excluding carboxylic acids is 1. The molecule has 1 atom stereocenters. The standard InChI is InChI=1S/C12H18N2O3S/c1-7(2)14-11(15)8(3)13-5-10-4-9(6-18-10)12(16)17/h4,6-8,13H,5H2,1-3H3,(H,14,15)(H,16,17). The van der Waals surface area contributed by atoms with Gasteiger partial charge in [-0.3, -0.25) is 4.79 Å². The highest BCUT2D eigenvalue weighted by molar-refractivity contribution is 7.10. The number of hydrogen-bond donors (Lipinski definition) is 3. The zero-order valence-corrected chi connectivity index (χ0v) is 11.5. The molecule has 1 aromatic heterocycles. The Hall–Kier alpha value is -1.40. The second kappa shape index (κ2) is 6.51. The Bertz CT molecular complexity index is 429. The third-order valence-electron chi connectivity index (χ3n) is 2.31. The van der Waals surface area contributed by atoms with E-state index < -0.39 is 5.97 Å². The van der Waals surface area contributed by atoms with Gasteiger partial charge in [0, 0.05) is 22.8 Å². The highest BCUT2D eigenvalue weighted by Crippen LogP contribution is 2.14. The van der Waals surface area contributed by atoms with Crippen molar-refractivity contribution in [2.24, 2.45) is 0 Å². The van der Waals surface area contributed by atoms with Crippen molar-refractivity contribution < 1.29 is 14.7 Å². The molecule has 0 aliphatic heterocycles. The molecule has 1 heterocycles. The van der Waals surface area contributed by atoms with E-state index in [2.05, 4.69) is 10.6 Å². The maximum Gasteiger partial charge on any atom is 0.336 e. The third kappa shape index (κ3) is 4.46. The lowest BCUT2D eigenvalue weighted by Crippen LogP contribution is -2.44. The van der Waals surface area contributed by atoms with Crippen LogP contribution in [0.4, 0.5) is 0 Å². The number of amides is 1. The van der Waals surface area contributed by atoms with E-state index in [1.54, 1.807) is 18.4 Å². The first-order valence-corrected chi connectivity index (χ1v) is 6.62. The molecule has 5 nitrogen and oxygen atoms in total. The van der Waals surface area contributed by atoms with Crippen LogP contribution in [0.5, 0.6) is 0 Å². The van der Waals surface area contributed by atoms with E-state index in [-0.39, 0.29) is 23.6 Å². The topological polar surface area (TPSA) is 78.4 Å². The van der Waals surface area contributed by atoms with Crippen molar-refractivity contribution in [1.29, 1.82) is 0 Å². The summed E-state index contributed by atoms with van der Waals surface area (Å²) in [4.78, 5) is 23.2. The van der Waals surface area contributed by atoms with Crippen LogP contribution in [0.3, 0.4) is 0 Å². The maximum absolute atomic E-state index is 11.6. The van der Waals surface area contributed by atoms with Crippen LogP contribution in [-0.4, -0.2) is 29.1 Å². The molecule has 0 saturated heterocycles. The lowest BCUT2D eigenvalue weighted by molar-refractivity contribution is -0.123. The molecular formula is C12H18N2O3S. The molecule has 0 aromatic carbocycles. The largest absolute Gasteiger partial charge is 0.478 e. The van der Waals surface area contributed by atoms with E-state index in [4.69, 9.17) is 5.11 Å². The van der Waals surface area contributed by atoms with Gasteiger partial charge in [0.25, 0.3) is 0 Å². The Morgan fingerprint density at radius 1 is 1.39 bits per heavy atom. The van der Waals surface area contributed by atoms with Crippen LogP contribution in [0.2, 0.25) is 0 Å². The van der Waals surface area contributed by atoms with Crippen LogP contribution < -0.4 is 10.6 Å². The zero-order chi connectivity index (χ0) is 13.7. The van der Waals surface area contributed by atoms with Gasteiger partial charge in [-0.05, 0) is 26.8 Å². The second-order valence-corrected chi connectivity index (χ2v) is 5.37. The second-order valence-electron chi connectivity index (χ2n) is 4.37. The number of aromatic carboxylic acids is 1. The summed E-state index contributed by atoms with van der Waals surface area (Å²) in [5.74, 6) is -0.983. The Morgan fingerprint density at radius 2 is 2.06 bits per heavy atom. The smallest absolute Gasteiger partial charge is 0.336 e. The highest BCUT2D eigenvalue weighted by Gasteiger charge is 2.13. The zero-order valence-electron chi connectivity index (χ0n) is 10.7. The molecule has 0 radical (unpaired) electrons. The summed E-state index contributed by atoms with van der Waals surface area (Å²) in [5, 5.41) is 16.3. The molecule has 1 aromatic rings. The number of rotatable bonds is 6. The number of nitrogens with one attached hydrogen (secondary N) is 2. The predicted octanol–water partition coefficient (Wildman–Crippen LogP) is 1.45. The van der Waals surface area contributed by atoms with Gasteiger partial charge in [0.15, 0.2) is 0 Å². The van der Waals surface area contributed by atoms with Crippen LogP contribution >= 0.6 is 11.3 Å². The summed E-state index contributed by atoms with van der Waals surface area (Å²) >= 11 is 1.37. The molecule has 6 heteroatoms. The molecule has 1 rings (SSSR count). The first-order valence-electron chi connectivity index (χ1n) is 5.74. The molecule has 1 unspecified atom stereocenters. The van der Waals surface area contributed by atoms with Crippen molar-refractivity contribution in [2.45, 2.75) is 39.4 Å². The number of carbonyl (C=O) groups is 2. The fourth-order valence-corrected chi connectivity index (χ4v) is 2.15. The van der Waals surface area contributed by atoms with Gasteiger partial charge in [-0.2, -0.15) is 0 Å². The van der Waals surface area contributed by atoms with Crippen LogP contribution in [0.15, 0.2) is 11.4 Å². The number of carboxylic acids is 1. The van der Waals surface area contributed by atoms with E-state index in [1.807, 2.05) is 13.8 Å². The van der Waals surface area contributed by atoms with Crippen LogP contribution in [-0.2, 0) is 11.3 Å². The van der Waals surface area contributed by atoms with Gasteiger partial charge >= 0.3 is 5.97 Å². The molecule has 0 spiro atoms. The molecule has 0 fully saturated rings. The van der Waals surface area contributed by atoms with Crippen molar-refractivity contribution >= 4 is 23.2 Å². The monoisotopic (exact) mass is 270 g/mol. The quantitative estimate of drug-likeness (QED) is 0.731. The lowest BCUT2D eigenvalue weighted by atomic mass is 10.2. The fourth-order valence-electron chi connectivity index (χ4n) is 1.34. The van der Waals surface area contributed by atoms with Gasteiger partial charge in [0.2, 0.25) is 5.91 Å². The van der Waals surface area contributed by atoms with E-state index >= 15 is 0 Å². The third-order valence-corrected chi connectivity index (χ3v) is 3.24. The Morgan fingerprint density at radius 3 is 2.56 bits per heavy atom. The number of carboxylic acid groups (broad SMARTS) is 1. The molecule has 0 aliphatic rings. The summed E-state index contributed by atoms with van der Waals surface area (Å²) < 4.78 is 0. The first kappa shape index (κ1) is 14.7. The van der Waals surface area contributed by atoms with Gasteiger partial charge < -0.3 is 15.7 Å². The SMILES string of the molecule is CC(C)NC(=O)C(C)NCc1cc(C(=O)O)cs1. The Balaban J connectivity index is 2.44. The first-order chi connectivity index (χ1) is 8.40. The fraction of sp³-hybridized carbons (Fsp3) is 0.500. The van der Waals surface area contributed by atoms with Gasteiger partial charge in [-0.1, -0.05) is 0 Å². The van der Waals surface area contributed by atoms with E-state index in [9.17, 15) is 9.59 Å². The Kier molecular flexibility index (Phi) is 5.30. The minimum Gasteiger partial charge on any atom is -0.478 e. The van der Waals surface area contributed by atoms with Crippen molar-refractivity contribution in [2.75, 3.05) is 0 Å². The molecule has 3 N–H and O–H groups in total. The molecule has 0 aliphatic carbocycles. The van der Waals surface area contributed by atoms with Gasteiger partial charge in [0.05, 0.1) is 11.6 Å². The molecular weight excluding hydrogens is 252 g/mol. The molecule has 0 bridgehead atoms. The summed E-state index contributed by atoms with van der Waals surface area (Å²) in [6.45, 7) is 6.08. The molecule has 18 heavy (non-hydrogen) atoms. The molecule has 100 valence electrons. The highest BCUT2D eigenvalue weighted by atomic mass is 32.1. The summed E-state index contributed by atoms with van der Waals surface area (Å²) in [6.07, 6.45) is 0. The van der Waals surface area contributed by atoms with E-state index in [0.29, 0.717) is 6.54 Å². The average Bonchev–Trinajstić information content (AvgIpc) is 2.73. The van der Waals surface area contributed by atoms with Crippen molar-refractivity contribution in [3.05, 3.63) is 21.9 Å². The van der Waals surface area contributed by atoms with Crippen LogP contribution in [0, 0.1) is 0 Å². The normalized spacial score (nSPS) is 12.4. The lowest BCUT2D eigenvalue weighted by Gasteiger charge is -2.15. The average molecular weight is 270 g/mol. The maximum atomic E-state index is 11.6. The van der Waals surface area contributed by atoms with Gasteiger partial charge in [-0.25, -0.2) is 4.79 Å². The molecule has 1 amide bonds. The summed E-state index contributed by atoms with van der Waals surface area (Å²) in [6, 6.07) is 1.43. The molecule has 0 saturated carbocycles. The van der Waals surface area contributed by atoms with Crippen LogP contribution in [0.25, 0.3) is 0 Å². The van der Waals surface area contributed by atoms with Gasteiger partial charge in [0.1, 0.15) is 0 Å². The number of thiophene rings is 1. The Labute approximate surface area is 110 Å². The van der Waals surface area contributed by atoms with Gasteiger partial charge in [-0.15, -0.1) is 11.3 Å². The minimum atomic E-state index is -0.928. The summed E-state index contributed by atoms with van der Waals surface area (Å²) in [5.41, 5.74) is 0.288. The summed E-state index contributed by atoms with van der Waals surface area (Å²) in [7, 11) is 0. The van der Waals surface area contributed by atoms with Crippen LogP contribution in [0.1, 0.15) is 36.0 Å².